The molecule has 2 aromatic rings. The van der Waals surface area contributed by atoms with Crippen molar-refractivity contribution < 1.29 is 9.90 Å². The molecule has 1 fully saturated rings. The highest BCUT2D eigenvalue weighted by Gasteiger charge is 2.20. The Labute approximate surface area is 120 Å². The quantitative estimate of drug-likeness (QED) is 0.925. The second-order valence-corrected chi connectivity index (χ2v) is 5.41. The van der Waals surface area contributed by atoms with Crippen molar-refractivity contribution in [2.24, 2.45) is 0 Å². The molecule has 6 nitrogen and oxygen atoms in total. The minimum absolute atomic E-state index is 0.383. The highest BCUT2D eigenvalue weighted by molar-refractivity contribution is 7.12. The summed E-state index contributed by atoms with van der Waals surface area (Å²) in [5.74, 6) is -0.110. The first-order valence-corrected chi connectivity index (χ1v) is 7.21. The summed E-state index contributed by atoms with van der Waals surface area (Å²) >= 11 is 1.27. The molecule has 3 rings (SSSR count). The summed E-state index contributed by atoms with van der Waals surface area (Å²) in [5, 5.41) is 10.9. The molecule has 0 aliphatic carbocycles. The molecule has 3 heterocycles. The van der Waals surface area contributed by atoms with Crippen molar-refractivity contribution in [1.82, 2.24) is 9.97 Å². The van der Waals surface area contributed by atoms with E-state index >= 15 is 0 Å². The molecular weight excluding hydrogens is 276 g/mol. The minimum Gasteiger partial charge on any atom is -0.477 e. The molecule has 104 valence electrons. The summed E-state index contributed by atoms with van der Waals surface area (Å²) in [6.07, 6.45) is 3.49. The number of hydrogen-bond acceptors (Lipinski definition) is 6. The number of rotatable bonds is 3. The number of carboxylic acids is 1. The van der Waals surface area contributed by atoms with E-state index in [2.05, 4.69) is 19.8 Å². The molecule has 0 amide bonds. The zero-order chi connectivity index (χ0) is 13.9. The Morgan fingerprint density at radius 1 is 1.15 bits per heavy atom. The summed E-state index contributed by atoms with van der Waals surface area (Å²) in [5.41, 5.74) is 0.987. The number of thiophene rings is 1. The fraction of sp³-hybridized carbons (Fsp3) is 0.308. The van der Waals surface area contributed by atoms with Crippen LogP contribution in [0.15, 0.2) is 29.9 Å². The first-order valence-electron chi connectivity index (χ1n) is 6.33. The van der Waals surface area contributed by atoms with Gasteiger partial charge in [0.1, 0.15) is 4.88 Å². The van der Waals surface area contributed by atoms with E-state index in [9.17, 15) is 4.79 Å². The molecule has 0 unspecified atom stereocenters. The van der Waals surface area contributed by atoms with E-state index in [0.29, 0.717) is 4.88 Å². The Hall–Kier alpha value is -2.15. The largest absolute Gasteiger partial charge is 0.477 e. The summed E-state index contributed by atoms with van der Waals surface area (Å²) < 4.78 is 0. The third-order valence-electron chi connectivity index (χ3n) is 3.28. The molecule has 0 bridgehead atoms. The van der Waals surface area contributed by atoms with Crippen molar-refractivity contribution in [2.45, 2.75) is 0 Å². The van der Waals surface area contributed by atoms with Gasteiger partial charge in [0.15, 0.2) is 0 Å². The Morgan fingerprint density at radius 3 is 2.40 bits per heavy atom. The monoisotopic (exact) mass is 290 g/mol. The van der Waals surface area contributed by atoms with E-state index in [1.165, 1.54) is 11.3 Å². The summed E-state index contributed by atoms with van der Waals surface area (Å²) in [6, 6.07) is 3.54. The van der Waals surface area contributed by atoms with Gasteiger partial charge in [-0.05, 0) is 12.1 Å². The number of piperazine rings is 1. The van der Waals surface area contributed by atoms with Crippen LogP contribution in [0.1, 0.15) is 9.67 Å². The third kappa shape index (κ3) is 2.57. The molecule has 0 aromatic carbocycles. The van der Waals surface area contributed by atoms with Gasteiger partial charge in [0.25, 0.3) is 0 Å². The van der Waals surface area contributed by atoms with Crippen LogP contribution in [0.5, 0.6) is 0 Å². The lowest BCUT2D eigenvalue weighted by atomic mass is 10.3. The smallest absolute Gasteiger partial charge is 0.345 e. The van der Waals surface area contributed by atoms with Crippen LogP contribution < -0.4 is 9.80 Å². The zero-order valence-electron chi connectivity index (χ0n) is 10.8. The molecule has 1 saturated heterocycles. The number of anilines is 2. The van der Waals surface area contributed by atoms with Crippen molar-refractivity contribution >= 4 is 28.9 Å². The van der Waals surface area contributed by atoms with Crippen LogP contribution in [0, 0.1) is 0 Å². The van der Waals surface area contributed by atoms with E-state index in [-0.39, 0.29) is 0 Å². The van der Waals surface area contributed by atoms with Gasteiger partial charge in [-0.3, -0.25) is 0 Å². The molecule has 1 aliphatic rings. The first kappa shape index (κ1) is 12.9. The van der Waals surface area contributed by atoms with Crippen molar-refractivity contribution in [3.05, 3.63) is 34.8 Å². The van der Waals surface area contributed by atoms with Gasteiger partial charge in [0, 0.05) is 49.6 Å². The maximum absolute atomic E-state index is 10.9. The van der Waals surface area contributed by atoms with Crippen molar-refractivity contribution in [1.29, 1.82) is 0 Å². The van der Waals surface area contributed by atoms with Crippen LogP contribution in [-0.4, -0.2) is 47.2 Å². The molecule has 2 aromatic heterocycles. The van der Waals surface area contributed by atoms with Crippen LogP contribution in [-0.2, 0) is 0 Å². The Kier molecular flexibility index (Phi) is 3.51. The summed E-state index contributed by atoms with van der Waals surface area (Å²) in [4.78, 5) is 24.1. The molecule has 7 heteroatoms. The van der Waals surface area contributed by atoms with Crippen LogP contribution in [0.2, 0.25) is 0 Å². The van der Waals surface area contributed by atoms with Crippen molar-refractivity contribution in [2.75, 3.05) is 36.0 Å². The van der Waals surface area contributed by atoms with Crippen LogP contribution >= 0.6 is 11.3 Å². The molecule has 0 radical (unpaired) electrons. The second kappa shape index (κ2) is 5.46. The maximum atomic E-state index is 10.9. The highest BCUT2D eigenvalue weighted by atomic mass is 32.1. The number of aromatic nitrogens is 2. The fourth-order valence-corrected chi connectivity index (χ4v) is 2.98. The lowest BCUT2D eigenvalue weighted by molar-refractivity contribution is 0.0702. The number of nitrogens with zero attached hydrogens (tertiary/aromatic N) is 4. The van der Waals surface area contributed by atoms with E-state index in [1.807, 2.05) is 5.38 Å². The predicted octanol–water partition coefficient (Wildman–Crippen LogP) is 1.56. The normalized spacial score (nSPS) is 15.4. The minimum atomic E-state index is -0.863. The average Bonchev–Trinajstić information content (AvgIpc) is 2.98. The molecule has 0 spiro atoms. The van der Waals surface area contributed by atoms with Crippen molar-refractivity contribution in [3.8, 4) is 0 Å². The summed E-state index contributed by atoms with van der Waals surface area (Å²) in [6.45, 7) is 3.35. The van der Waals surface area contributed by atoms with Crippen LogP contribution in [0.4, 0.5) is 11.6 Å². The number of carboxylic acid groups (broad SMARTS) is 1. The van der Waals surface area contributed by atoms with Gasteiger partial charge in [-0.25, -0.2) is 14.8 Å². The first-order chi connectivity index (χ1) is 9.74. The molecule has 0 saturated carbocycles. The lowest BCUT2D eigenvalue weighted by Gasteiger charge is -2.35. The second-order valence-electron chi connectivity index (χ2n) is 4.50. The topological polar surface area (TPSA) is 69.6 Å². The Morgan fingerprint density at radius 2 is 1.80 bits per heavy atom. The SMILES string of the molecule is O=C(O)c1cc(N2CCN(c3ncccn3)CC2)cs1. The highest BCUT2D eigenvalue weighted by Crippen LogP contribution is 2.24. The molecule has 20 heavy (non-hydrogen) atoms. The summed E-state index contributed by atoms with van der Waals surface area (Å²) in [7, 11) is 0. The predicted molar refractivity (Wildman–Crippen MR) is 77.7 cm³/mol. The third-order valence-corrected chi connectivity index (χ3v) is 4.18. The van der Waals surface area contributed by atoms with E-state index < -0.39 is 5.97 Å². The molecule has 1 aliphatic heterocycles. The van der Waals surface area contributed by atoms with E-state index in [1.54, 1.807) is 24.5 Å². The van der Waals surface area contributed by atoms with Gasteiger partial charge in [-0.15, -0.1) is 11.3 Å². The lowest BCUT2D eigenvalue weighted by Crippen LogP contribution is -2.47. The molecular formula is C13H14N4O2S. The van der Waals surface area contributed by atoms with Gasteiger partial charge in [-0.1, -0.05) is 0 Å². The number of aromatic carboxylic acids is 1. The van der Waals surface area contributed by atoms with E-state index in [4.69, 9.17) is 5.11 Å². The van der Waals surface area contributed by atoms with Gasteiger partial charge in [-0.2, -0.15) is 0 Å². The molecule has 0 atom stereocenters. The van der Waals surface area contributed by atoms with Gasteiger partial charge in [0.05, 0.1) is 0 Å². The van der Waals surface area contributed by atoms with Crippen LogP contribution in [0.25, 0.3) is 0 Å². The Bertz CT molecular complexity index is 593. The number of carbonyl (C=O) groups is 1. The maximum Gasteiger partial charge on any atom is 0.345 e. The van der Waals surface area contributed by atoms with E-state index in [0.717, 1.165) is 37.8 Å². The number of hydrogen-bond donors (Lipinski definition) is 1. The van der Waals surface area contributed by atoms with Gasteiger partial charge < -0.3 is 14.9 Å². The van der Waals surface area contributed by atoms with Gasteiger partial charge in [0.2, 0.25) is 5.95 Å². The van der Waals surface area contributed by atoms with Crippen molar-refractivity contribution in [3.63, 3.8) is 0 Å². The standard InChI is InChI=1S/C13H14N4O2S/c18-12(19)11-8-10(9-20-11)16-4-6-17(7-5-16)13-14-2-1-3-15-13/h1-3,8-9H,4-7H2,(H,18,19). The Balaban J connectivity index is 1.65. The average molecular weight is 290 g/mol. The zero-order valence-corrected chi connectivity index (χ0v) is 11.6. The molecule has 1 N–H and O–H groups in total. The fourth-order valence-electron chi connectivity index (χ4n) is 2.22. The van der Waals surface area contributed by atoms with Gasteiger partial charge >= 0.3 is 5.97 Å². The van der Waals surface area contributed by atoms with Crippen LogP contribution in [0.3, 0.4) is 0 Å².